The Labute approximate surface area is 152 Å². The van der Waals surface area contributed by atoms with Crippen LogP contribution in [-0.4, -0.2) is 11.8 Å². The summed E-state index contributed by atoms with van der Waals surface area (Å²) in [6.07, 6.45) is -4.45. The van der Waals surface area contributed by atoms with E-state index in [9.17, 15) is 22.8 Å². The van der Waals surface area contributed by atoms with Gasteiger partial charge in [0.15, 0.2) is 0 Å². The number of nitrogens with zero attached hydrogens (tertiary/aromatic N) is 1. The maximum atomic E-state index is 13.0. The molecular weight excluding hydrogens is 355 g/mol. The van der Waals surface area contributed by atoms with E-state index in [1.54, 1.807) is 48.5 Å². The molecule has 3 aromatic rings. The van der Waals surface area contributed by atoms with Crippen molar-refractivity contribution >= 4 is 17.5 Å². The summed E-state index contributed by atoms with van der Waals surface area (Å²) in [4.78, 5) is 26.2. The van der Waals surface area contributed by atoms with Crippen LogP contribution in [0.2, 0.25) is 0 Å². The third-order valence-electron chi connectivity index (χ3n) is 4.42. The fourth-order valence-corrected chi connectivity index (χ4v) is 3.12. The molecule has 134 valence electrons. The number of alkyl halides is 3. The van der Waals surface area contributed by atoms with Crippen LogP contribution in [0.15, 0.2) is 72.8 Å². The Hall–Kier alpha value is -3.41. The highest BCUT2D eigenvalue weighted by molar-refractivity contribution is 6.34. The first-order valence-electron chi connectivity index (χ1n) is 8.12. The molecule has 6 heteroatoms. The summed E-state index contributed by atoms with van der Waals surface area (Å²) < 4.78 is 38.9. The van der Waals surface area contributed by atoms with Gasteiger partial charge in [0.1, 0.15) is 0 Å². The minimum Gasteiger partial charge on any atom is -0.268 e. The second-order valence-electron chi connectivity index (χ2n) is 6.12. The van der Waals surface area contributed by atoms with Crippen LogP contribution in [0, 0.1) is 0 Å². The zero-order valence-electron chi connectivity index (χ0n) is 13.8. The number of hydrogen-bond donors (Lipinski definition) is 0. The van der Waals surface area contributed by atoms with Crippen LogP contribution in [0.3, 0.4) is 0 Å². The fraction of sp³-hybridized carbons (Fsp3) is 0.0476. The van der Waals surface area contributed by atoms with Crippen LogP contribution >= 0.6 is 0 Å². The number of carbonyl (C=O) groups is 2. The van der Waals surface area contributed by atoms with E-state index in [0.29, 0.717) is 27.9 Å². The van der Waals surface area contributed by atoms with Gasteiger partial charge in [0, 0.05) is 0 Å². The van der Waals surface area contributed by atoms with Crippen LogP contribution in [0.4, 0.5) is 18.9 Å². The number of halogens is 3. The number of hydrogen-bond acceptors (Lipinski definition) is 2. The Balaban J connectivity index is 1.75. The number of benzene rings is 3. The second-order valence-corrected chi connectivity index (χ2v) is 6.12. The predicted molar refractivity (Wildman–Crippen MR) is 94.5 cm³/mol. The lowest BCUT2D eigenvalue weighted by atomic mass is 10.0. The highest BCUT2D eigenvalue weighted by Gasteiger charge is 2.36. The van der Waals surface area contributed by atoms with Gasteiger partial charge in [-0.15, -0.1) is 0 Å². The first-order chi connectivity index (χ1) is 12.9. The fourth-order valence-electron chi connectivity index (χ4n) is 3.12. The maximum Gasteiger partial charge on any atom is 0.416 e. The molecule has 0 spiro atoms. The molecule has 2 amide bonds. The molecule has 0 atom stereocenters. The standard InChI is InChI=1S/C21H12F3NO2/c22-21(23,24)15-7-3-5-13(11-15)14-6-4-8-16(12-14)25-19(26)17-9-1-2-10-18(17)20(25)27/h1-12H. The Kier molecular flexibility index (Phi) is 3.84. The van der Waals surface area contributed by atoms with Gasteiger partial charge in [-0.3, -0.25) is 9.59 Å². The second kappa shape index (κ2) is 6.09. The van der Waals surface area contributed by atoms with E-state index in [0.717, 1.165) is 17.0 Å². The van der Waals surface area contributed by atoms with Crippen LogP contribution in [0.1, 0.15) is 26.3 Å². The molecule has 3 aromatic carbocycles. The van der Waals surface area contributed by atoms with Crippen molar-refractivity contribution in [1.29, 1.82) is 0 Å². The Bertz CT molecular complexity index is 1040. The quantitative estimate of drug-likeness (QED) is 0.586. The molecule has 4 rings (SSSR count). The summed E-state index contributed by atoms with van der Waals surface area (Å²) in [6, 6.07) is 17.8. The lowest BCUT2D eigenvalue weighted by Gasteiger charge is -2.15. The van der Waals surface area contributed by atoms with Crippen molar-refractivity contribution < 1.29 is 22.8 Å². The van der Waals surface area contributed by atoms with E-state index < -0.39 is 23.6 Å². The molecule has 0 bridgehead atoms. The molecule has 1 aliphatic heterocycles. The molecule has 0 radical (unpaired) electrons. The molecular formula is C21H12F3NO2. The van der Waals surface area contributed by atoms with E-state index in [4.69, 9.17) is 0 Å². The van der Waals surface area contributed by atoms with E-state index in [1.165, 1.54) is 12.1 Å². The molecule has 3 nitrogen and oxygen atoms in total. The van der Waals surface area contributed by atoms with E-state index in [1.807, 2.05) is 0 Å². The molecule has 0 aliphatic carbocycles. The van der Waals surface area contributed by atoms with Crippen molar-refractivity contribution in [2.24, 2.45) is 0 Å². The monoisotopic (exact) mass is 367 g/mol. The normalized spacial score (nSPS) is 13.8. The smallest absolute Gasteiger partial charge is 0.268 e. The average Bonchev–Trinajstić information content (AvgIpc) is 2.92. The minimum atomic E-state index is -4.45. The van der Waals surface area contributed by atoms with Crippen molar-refractivity contribution in [3.8, 4) is 11.1 Å². The van der Waals surface area contributed by atoms with E-state index in [-0.39, 0.29) is 0 Å². The number of fused-ring (bicyclic) bond motifs is 1. The van der Waals surface area contributed by atoms with Crippen molar-refractivity contribution in [3.05, 3.63) is 89.5 Å². The van der Waals surface area contributed by atoms with E-state index >= 15 is 0 Å². The van der Waals surface area contributed by atoms with Gasteiger partial charge in [0.25, 0.3) is 11.8 Å². The van der Waals surface area contributed by atoms with Gasteiger partial charge in [-0.2, -0.15) is 13.2 Å². The van der Waals surface area contributed by atoms with Gasteiger partial charge >= 0.3 is 6.18 Å². The highest BCUT2D eigenvalue weighted by Crippen LogP contribution is 2.34. The predicted octanol–water partition coefficient (Wildman–Crippen LogP) is 5.17. The molecule has 0 saturated carbocycles. The van der Waals surface area contributed by atoms with E-state index in [2.05, 4.69) is 0 Å². The lowest BCUT2D eigenvalue weighted by molar-refractivity contribution is -0.137. The Morgan fingerprint density at radius 2 is 1.22 bits per heavy atom. The first-order valence-corrected chi connectivity index (χ1v) is 8.12. The Morgan fingerprint density at radius 1 is 0.667 bits per heavy atom. The average molecular weight is 367 g/mol. The number of amides is 2. The SMILES string of the molecule is O=C1c2ccccc2C(=O)N1c1cccc(-c2cccc(C(F)(F)F)c2)c1. The molecule has 0 fully saturated rings. The number of carbonyl (C=O) groups excluding carboxylic acids is 2. The topological polar surface area (TPSA) is 37.4 Å². The van der Waals surface area contributed by atoms with Crippen molar-refractivity contribution in [2.45, 2.75) is 6.18 Å². The molecule has 0 aromatic heterocycles. The van der Waals surface area contributed by atoms with Gasteiger partial charge in [0.2, 0.25) is 0 Å². The van der Waals surface area contributed by atoms with Gasteiger partial charge in [-0.25, -0.2) is 4.90 Å². The van der Waals surface area contributed by atoms with Gasteiger partial charge in [0.05, 0.1) is 22.4 Å². The van der Waals surface area contributed by atoms with Gasteiger partial charge < -0.3 is 0 Å². The van der Waals surface area contributed by atoms with Crippen LogP contribution in [0.5, 0.6) is 0 Å². The van der Waals surface area contributed by atoms with Gasteiger partial charge in [-0.05, 0) is 47.5 Å². The van der Waals surface area contributed by atoms with Gasteiger partial charge in [-0.1, -0.05) is 36.4 Å². The van der Waals surface area contributed by atoms with Crippen LogP contribution < -0.4 is 4.90 Å². The number of imide groups is 1. The molecule has 1 aliphatic rings. The molecule has 0 unspecified atom stereocenters. The number of anilines is 1. The zero-order valence-corrected chi connectivity index (χ0v) is 13.8. The summed E-state index contributed by atoms with van der Waals surface area (Å²) in [7, 11) is 0. The highest BCUT2D eigenvalue weighted by atomic mass is 19.4. The summed E-state index contributed by atoms with van der Waals surface area (Å²) >= 11 is 0. The number of rotatable bonds is 2. The van der Waals surface area contributed by atoms with Crippen molar-refractivity contribution in [2.75, 3.05) is 4.90 Å². The molecule has 0 saturated heterocycles. The minimum absolute atomic E-state index is 0.312. The molecule has 1 heterocycles. The van der Waals surface area contributed by atoms with Crippen LogP contribution in [-0.2, 0) is 6.18 Å². The zero-order chi connectivity index (χ0) is 19.2. The van der Waals surface area contributed by atoms with Crippen LogP contribution in [0.25, 0.3) is 11.1 Å². The summed E-state index contributed by atoms with van der Waals surface area (Å²) in [6.45, 7) is 0. The summed E-state index contributed by atoms with van der Waals surface area (Å²) in [5, 5.41) is 0. The third-order valence-corrected chi connectivity index (χ3v) is 4.42. The third kappa shape index (κ3) is 2.89. The summed E-state index contributed by atoms with van der Waals surface area (Å²) in [5.41, 5.74) is 1.01. The Morgan fingerprint density at radius 3 is 1.81 bits per heavy atom. The summed E-state index contributed by atoms with van der Waals surface area (Å²) in [5.74, 6) is -0.895. The van der Waals surface area contributed by atoms with Crippen molar-refractivity contribution in [3.63, 3.8) is 0 Å². The maximum absolute atomic E-state index is 13.0. The lowest BCUT2D eigenvalue weighted by Crippen LogP contribution is -2.29. The molecule has 0 N–H and O–H groups in total. The first kappa shape index (κ1) is 17.0. The largest absolute Gasteiger partial charge is 0.416 e. The van der Waals surface area contributed by atoms with Crippen molar-refractivity contribution in [1.82, 2.24) is 0 Å². The molecule has 27 heavy (non-hydrogen) atoms.